The van der Waals surface area contributed by atoms with Crippen molar-refractivity contribution >= 4 is 17.5 Å². The molecule has 0 radical (unpaired) electrons. The Kier molecular flexibility index (Phi) is 5.52. The van der Waals surface area contributed by atoms with Crippen LogP contribution in [-0.2, 0) is 5.41 Å². The van der Waals surface area contributed by atoms with Gasteiger partial charge in [-0.2, -0.15) is 0 Å². The first-order valence-corrected chi connectivity index (χ1v) is 8.54. The summed E-state index contributed by atoms with van der Waals surface area (Å²) in [5.41, 5.74) is 1.86. The second-order valence-electron chi connectivity index (χ2n) is 7.20. The second kappa shape index (κ2) is 7.30. The summed E-state index contributed by atoms with van der Waals surface area (Å²) in [6.07, 6.45) is 3.47. The van der Waals surface area contributed by atoms with E-state index in [-0.39, 0.29) is 5.69 Å². The minimum absolute atomic E-state index is 0.0367. The van der Waals surface area contributed by atoms with Gasteiger partial charge in [-0.25, -0.2) is 0 Å². The maximum Gasteiger partial charge on any atom is 0.270 e. The Hall–Kier alpha value is -2.66. The molecule has 1 atom stereocenters. The van der Waals surface area contributed by atoms with Crippen LogP contribution in [0.2, 0.25) is 0 Å². The van der Waals surface area contributed by atoms with E-state index in [0.717, 1.165) is 22.4 Å². The van der Waals surface area contributed by atoms with Crippen molar-refractivity contribution in [1.29, 1.82) is 0 Å². The molecule has 2 aromatic carbocycles. The summed E-state index contributed by atoms with van der Waals surface area (Å²) in [4.78, 5) is 10.6. The zero-order valence-electron chi connectivity index (χ0n) is 15.9. The smallest absolute Gasteiger partial charge is 0.270 e. The van der Waals surface area contributed by atoms with E-state index in [1.165, 1.54) is 12.1 Å². The number of nitro groups is 1. The van der Waals surface area contributed by atoms with Gasteiger partial charge in [0.15, 0.2) is 0 Å². The predicted octanol–water partition coefficient (Wildman–Crippen LogP) is 4.69. The molecule has 0 aliphatic rings. The van der Waals surface area contributed by atoms with Gasteiger partial charge >= 0.3 is 0 Å². The first-order chi connectivity index (χ1) is 12.1. The lowest BCUT2D eigenvalue weighted by Gasteiger charge is -2.39. The normalized spacial score (nSPS) is 14.2. The third-order valence-electron chi connectivity index (χ3n) is 5.20. The molecule has 1 unspecified atom stereocenters. The zero-order valence-corrected chi connectivity index (χ0v) is 15.9. The minimum atomic E-state index is -1.17. The molecule has 0 amide bonds. The number of aliphatic hydroxyl groups is 1. The lowest BCUT2D eigenvalue weighted by molar-refractivity contribution is -0.384. The quantitative estimate of drug-likeness (QED) is 0.583. The third kappa shape index (κ3) is 3.78. The molecule has 0 aliphatic heterocycles. The minimum Gasteiger partial charge on any atom is -0.388 e. The Morgan fingerprint density at radius 2 is 1.81 bits per heavy atom. The van der Waals surface area contributed by atoms with Crippen LogP contribution in [0.1, 0.15) is 37.5 Å². The van der Waals surface area contributed by atoms with Crippen molar-refractivity contribution in [1.82, 2.24) is 0 Å². The van der Waals surface area contributed by atoms with Crippen LogP contribution in [-0.4, -0.2) is 22.7 Å². The number of rotatable bonds is 6. The van der Waals surface area contributed by atoms with E-state index in [4.69, 9.17) is 0 Å². The highest BCUT2D eigenvalue weighted by molar-refractivity contribution is 5.60. The fourth-order valence-corrected chi connectivity index (χ4v) is 2.90. The molecule has 2 rings (SSSR count). The summed E-state index contributed by atoms with van der Waals surface area (Å²) in [5, 5.41) is 25.4. The average Bonchev–Trinajstić information content (AvgIpc) is 2.60. The van der Waals surface area contributed by atoms with Crippen LogP contribution in [0.3, 0.4) is 0 Å². The number of nitrogens with one attached hydrogen (secondary N) is 1. The molecule has 2 N–H and O–H groups in total. The van der Waals surface area contributed by atoms with E-state index in [1.807, 2.05) is 52.1 Å². The molecule has 26 heavy (non-hydrogen) atoms. The van der Waals surface area contributed by atoms with E-state index in [1.54, 1.807) is 25.1 Å². The van der Waals surface area contributed by atoms with Crippen LogP contribution in [0.25, 0.3) is 6.08 Å². The Bertz CT molecular complexity index is 839. The molecule has 0 aromatic heterocycles. The van der Waals surface area contributed by atoms with Crippen molar-refractivity contribution in [2.45, 2.75) is 38.7 Å². The summed E-state index contributed by atoms with van der Waals surface area (Å²) in [5.74, 6) is 0. The molecule has 0 saturated heterocycles. The summed E-state index contributed by atoms with van der Waals surface area (Å²) in [6, 6.07) is 12.6. The Morgan fingerprint density at radius 1 is 1.15 bits per heavy atom. The van der Waals surface area contributed by atoms with Crippen LogP contribution in [0, 0.1) is 17.0 Å². The fourth-order valence-electron chi connectivity index (χ4n) is 2.90. The summed E-state index contributed by atoms with van der Waals surface area (Å²) >= 11 is 0. The van der Waals surface area contributed by atoms with Gasteiger partial charge in [0, 0.05) is 30.3 Å². The van der Waals surface area contributed by atoms with Gasteiger partial charge in [0.2, 0.25) is 0 Å². The van der Waals surface area contributed by atoms with E-state index >= 15 is 0 Å². The fraction of sp³-hybridized carbons (Fsp3) is 0.333. The molecule has 0 heterocycles. The van der Waals surface area contributed by atoms with Gasteiger partial charge in [-0.15, -0.1) is 0 Å². The lowest BCUT2D eigenvalue weighted by Crippen LogP contribution is -2.44. The van der Waals surface area contributed by atoms with Gasteiger partial charge in [-0.3, -0.25) is 10.1 Å². The van der Waals surface area contributed by atoms with Crippen LogP contribution in [0.15, 0.2) is 48.5 Å². The van der Waals surface area contributed by atoms with Gasteiger partial charge in [-0.1, -0.05) is 50.3 Å². The first-order valence-electron chi connectivity index (χ1n) is 8.54. The summed E-state index contributed by atoms with van der Waals surface area (Å²) in [7, 11) is 1.85. The number of hydrogen-bond donors (Lipinski definition) is 2. The molecule has 0 aliphatic carbocycles. The standard InChI is InChI=1S/C21H26N2O3/c1-15-10-11-17(23(25)26)14-16(15)12-13-21(4,24)20(2,3)18-8-6-7-9-19(18)22-5/h6-14,22,24H,1-5H3/b13-12-. The third-order valence-corrected chi connectivity index (χ3v) is 5.20. The highest BCUT2D eigenvalue weighted by Crippen LogP contribution is 2.40. The molecule has 2 aromatic rings. The number of hydrogen-bond acceptors (Lipinski definition) is 4. The van der Waals surface area contributed by atoms with Crippen LogP contribution >= 0.6 is 0 Å². The molecule has 0 bridgehead atoms. The van der Waals surface area contributed by atoms with Crippen molar-refractivity contribution in [3.8, 4) is 0 Å². The molecular weight excluding hydrogens is 328 g/mol. The van der Waals surface area contributed by atoms with Crippen molar-refractivity contribution < 1.29 is 10.0 Å². The number of nitrogens with zero attached hydrogens (tertiary/aromatic N) is 1. The lowest BCUT2D eigenvalue weighted by atomic mass is 9.70. The van der Waals surface area contributed by atoms with E-state index in [9.17, 15) is 15.2 Å². The molecule has 5 heteroatoms. The number of para-hydroxylation sites is 1. The molecule has 138 valence electrons. The highest BCUT2D eigenvalue weighted by atomic mass is 16.6. The molecule has 5 nitrogen and oxygen atoms in total. The number of non-ortho nitro benzene ring substituents is 1. The van der Waals surface area contributed by atoms with Crippen LogP contribution in [0.5, 0.6) is 0 Å². The van der Waals surface area contributed by atoms with Crippen LogP contribution in [0.4, 0.5) is 11.4 Å². The van der Waals surface area contributed by atoms with Gasteiger partial charge < -0.3 is 10.4 Å². The summed E-state index contributed by atoms with van der Waals surface area (Å²) in [6.45, 7) is 7.60. The molecule has 0 fully saturated rings. The maximum absolute atomic E-state index is 11.2. The second-order valence-corrected chi connectivity index (χ2v) is 7.20. The van der Waals surface area contributed by atoms with Gasteiger partial charge in [0.05, 0.1) is 10.5 Å². The maximum atomic E-state index is 11.2. The number of benzene rings is 2. The predicted molar refractivity (Wildman–Crippen MR) is 107 cm³/mol. The van der Waals surface area contributed by atoms with Gasteiger partial charge in [0.25, 0.3) is 5.69 Å². The van der Waals surface area contributed by atoms with E-state index < -0.39 is 15.9 Å². The summed E-state index contributed by atoms with van der Waals surface area (Å²) < 4.78 is 0. The Morgan fingerprint density at radius 3 is 2.42 bits per heavy atom. The van der Waals surface area contributed by atoms with Gasteiger partial charge in [0.1, 0.15) is 0 Å². The van der Waals surface area contributed by atoms with Crippen molar-refractivity contribution in [3.05, 3.63) is 75.3 Å². The van der Waals surface area contributed by atoms with Crippen molar-refractivity contribution in [2.24, 2.45) is 0 Å². The number of anilines is 1. The highest BCUT2D eigenvalue weighted by Gasteiger charge is 2.40. The Labute approximate surface area is 154 Å². The van der Waals surface area contributed by atoms with Crippen molar-refractivity contribution in [2.75, 3.05) is 12.4 Å². The first kappa shape index (κ1) is 19.7. The number of nitro benzene ring substituents is 1. The molecular formula is C21H26N2O3. The zero-order chi connectivity index (χ0) is 19.5. The number of aryl methyl sites for hydroxylation is 1. The Balaban J connectivity index is 2.42. The van der Waals surface area contributed by atoms with Crippen LogP contribution < -0.4 is 5.32 Å². The topological polar surface area (TPSA) is 75.4 Å². The SMILES string of the molecule is CNc1ccccc1C(C)(C)C(C)(O)/C=C\c1cc([N+](=O)[O-])ccc1C. The average molecular weight is 354 g/mol. The van der Waals surface area contributed by atoms with E-state index in [2.05, 4.69) is 5.32 Å². The largest absolute Gasteiger partial charge is 0.388 e. The van der Waals surface area contributed by atoms with Gasteiger partial charge in [-0.05, 0) is 36.6 Å². The monoisotopic (exact) mass is 354 g/mol. The molecule has 0 saturated carbocycles. The van der Waals surface area contributed by atoms with E-state index in [0.29, 0.717) is 0 Å². The van der Waals surface area contributed by atoms with Crippen molar-refractivity contribution in [3.63, 3.8) is 0 Å². The molecule has 0 spiro atoms.